The number of nitrogens with two attached hydrogens (primary N) is 1. The number of amides is 1. The van der Waals surface area contributed by atoms with Gasteiger partial charge in [0.25, 0.3) is 0 Å². The highest BCUT2D eigenvalue weighted by molar-refractivity contribution is 5.76. The van der Waals surface area contributed by atoms with Gasteiger partial charge in [-0.1, -0.05) is 0 Å². The van der Waals surface area contributed by atoms with Gasteiger partial charge in [-0.3, -0.25) is 4.79 Å². The number of hydrogen-bond donors (Lipinski definition) is 2. The highest BCUT2D eigenvalue weighted by atomic mass is 16.5. The molecule has 4 heteroatoms. The van der Waals surface area contributed by atoms with Gasteiger partial charge in [-0.15, -0.1) is 0 Å². The van der Waals surface area contributed by atoms with E-state index in [9.17, 15) is 4.79 Å². The van der Waals surface area contributed by atoms with Gasteiger partial charge < -0.3 is 15.8 Å². The van der Waals surface area contributed by atoms with Crippen LogP contribution in [-0.2, 0) is 9.53 Å². The van der Waals surface area contributed by atoms with Crippen molar-refractivity contribution in [2.24, 2.45) is 5.73 Å². The molecule has 1 saturated heterocycles. The van der Waals surface area contributed by atoms with E-state index >= 15 is 0 Å². The molecule has 0 spiro atoms. The SMILES string of the molecule is NC1CC(NC(=O)CCC2CCCO2)C1. The van der Waals surface area contributed by atoms with Gasteiger partial charge in [0.1, 0.15) is 0 Å². The van der Waals surface area contributed by atoms with Gasteiger partial charge in [0, 0.05) is 25.1 Å². The first-order chi connectivity index (χ1) is 7.24. The standard InChI is InChI=1S/C11H20N2O2/c12-8-6-9(7-8)13-11(14)4-3-10-2-1-5-15-10/h8-10H,1-7,12H2,(H,13,14). The molecule has 86 valence electrons. The number of carbonyl (C=O) groups is 1. The van der Waals surface area contributed by atoms with Gasteiger partial charge in [0.2, 0.25) is 5.91 Å². The third kappa shape index (κ3) is 3.18. The van der Waals surface area contributed by atoms with Crippen LogP contribution in [0.4, 0.5) is 0 Å². The lowest BCUT2D eigenvalue weighted by Gasteiger charge is -2.33. The normalized spacial score (nSPS) is 34.9. The van der Waals surface area contributed by atoms with E-state index in [0.29, 0.717) is 24.6 Å². The Morgan fingerprint density at radius 1 is 1.47 bits per heavy atom. The van der Waals surface area contributed by atoms with Crippen molar-refractivity contribution in [1.82, 2.24) is 5.32 Å². The van der Waals surface area contributed by atoms with Crippen molar-refractivity contribution < 1.29 is 9.53 Å². The highest BCUT2D eigenvalue weighted by Gasteiger charge is 2.27. The summed E-state index contributed by atoms with van der Waals surface area (Å²) in [4.78, 5) is 11.5. The van der Waals surface area contributed by atoms with Crippen LogP contribution in [0, 0.1) is 0 Å². The van der Waals surface area contributed by atoms with Crippen molar-refractivity contribution in [3.8, 4) is 0 Å². The van der Waals surface area contributed by atoms with Gasteiger partial charge >= 0.3 is 0 Å². The summed E-state index contributed by atoms with van der Waals surface area (Å²) in [6.07, 6.45) is 5.91. The number of ether oxygens (including phenoxy) is 1. The van der Waals surface area contributed by atoms with Crippen LogP contribution in [-0.4, -0.2) is 30.7 Å². The van der Waals surface area contributed by atoms with Gasteiger partial charge in [-0.05, 0) is 32.1 Å². The Morgan fingerprint density at radius 2 is 2.27 bits per heavy atom. The van der Waals surface area contributed by atoms with Gasteiger partial charge in [0.15, 0.2) is 0 Å². The molecule has 0 aromatic carbocycles. The molecule has 3 N–H and O–H groups in total. The molecular formula is C11H20N2O2. The molecule has 1 amide bonds. The van der Waals surface area contributed by atoms with Crippen molar-refractivity contribution in [1.29, 1.82) is 0 Å². The zero-order valence-electron chi connectivity index (χ0n) is 9.08. The second-order valence-electron chi connectivity index (χ2n) is 4.67. The molecule has 1 atom stereocenters. The third-order valence-electron chi connectivity index (χ3n) is 3.26. The first kappa shape index (κ1) is 10.9. The minimum atomic E-state index is 0.155. The quantitative estimate of drug-likeness (QED) is 0.715. The predicted octanol–water partition coefficient (Wildman–Crippen LogP) is 0.551. The van der Waals surface area contributed by atoms with Crippen LogP contribution in [0.3, 0.4) is 0 Å². The zero-order valence-corrected chi connectivity index (χ0v) is 9.08. The molecule has 2 aliphatic rings. The molecule has 15 heavy (non-hydrogen) atoms. The van der Waals surface area contributed by atoms with Crippen LogP contribution >= 0.6 is 0 Å². The molecule has 0 radical (unpaired) electrons. The number of rotatable bonds is 4. The largest absolute Gasteiger partial charge is 0.378 e. The number of nitrogens with one attached hydrogen (secondary N) is 1. The lowest BCUT2D eigenvalue weighted by Crippen LogP contribution is -2.50. The molecule has 1 aliphatic carbocycles. The minimum absolute atomic E-state index is 0.155. The van der Waals surface area contributed by atoms with E-state index in [1.165, 1.54) is 0 Å². The van der Waals surface area contributed by atoms with E-state index in [4.69, 9.17) is 10.5 Å². The van der Waals surface area contributed by atoms with E-state index in [0.717, 1.165) is 38.7 Å². The predicted molar refractivity (Wildman–Crippen MR) is 57.3 cm³/mol. The highest BCUT2D eigenvalue weighted by Crippen LogP contribution is 2.19. The summed E-state index contributed by atoms with van der Waals surface area (Å²) in [5.41, 5.74) is 5.65. The van der Waals surface area contributed by atoms with Gasteiger partial charge in [-0.25, -0.2) is 0 Å². The van der Waals surface area contributed by atoms with E-state index in [2.05, 4.69) is 5.32 Å². The molecule has 1 saturated carbocycles. The fourth-order valence-electron chi connectivity index (χ4n) is 2.24. The summed E-state index contributed by atoms with van der Waals surface area (Å²) in [6, 6.07) is 0.630. The molecule has 2 rings (SSSR count). The van der Waals surface area contributed by atoms with E-state index in [1.54, 1.807) is 0 Å². The Bertz CT molecular complexity index is 221. The first-order valence-electron chi connectivity index (χ1n) is 5.90. The number of carbonyl (C=O) groups excluding carboxylic acids is 1. The maximum absolute atomic E-state index is 11.5. The Balaban J connectivity index is 1.56. The van der Waals surface area contributed by atoms with E-state index < -0.39 is 0 Å². The van der Waals surface area contributed by atoms with Crippen molar-refractivity contribution in [2.75, 3.05) is 6.61 Å². The summed E-state index contributed by atoms with van der Waals surface area (Å²) >= 11 is 0. The molecular weight excluding hydrogens is 192 g/mol. The van der Waals surface area contributed by atoms with Gasteiger partial charge in [-0.2, -0.15) is 0 Å². The summed E-state index contributed by atoms with van der Waals surface area (Å²) in [5.74, 6) is 0.155. The number of hydrogen-bond acceptors (Lipinski definition) is 3. The van der Waals surface area contributed by atoms with Gasteiger partial charge in [0.05, 0.1) is 6.10 Å². The second kappa shape index (κ2) is 4.94. The first-order valence-corrected chi connectivity index (χ1v) is 5.90. The summed E-state index contributed by atoms with van der Waals surface area (Å²) in [6.45, 7) is 0.865. The molecule has 0 bridgehead atoms. The smallest absolute Gasteiger partial charge is 0.220 e. The van der Waals surface area contributed by atoms with Crippen LogP contribution in [0.15, 0.2) is 0 Å². The minimum Gasteiger partial charge on any atom is -0.378 e. The molecule has 0 aromatic heterocycles. The van der Waals surface area contributed by atoms with Crippen molar-refractivity contribution in [2.45, 2.75) is 56.7 Å². The summed E-state index contributed by atoms with van der Waals surface area (Å²) in [7, 11) is 0. The maximum atomic E-state index is 11.5. The van der Waals surface area contributed by atoms with Crippen LogP contribution in [0.25, 0.3) is 0 Å². The monoisotopic (exact) mass is 212 g/mol. The molecule has 4 nitrogen and oxygen atoms in total. The molecule has 1 aliphatic heterocycles. The molecule has 1 unspecified atom stereocenters. The Hall–Kier alpha value is -0.610. The lowest BCUT2D eigenvalue weighted by molar-refractivity contribution is -0.123. The molecule has 2 fully saturated rings. The van der Waals surface area contributed by atoms with Crippen molar-refractivity contribution >= 4 is 5.91 Å². The summed E-state index contributed by atoms with van der Waals surface area (Å²) in [5, 5.41) is 3.00. The second-order valence-corrected chi connectivity index (χ2v) is 4.67. The van der Waals surface area contributed by atoms with Crippen LogP contribution < -0.4 is 11.1 Å². The van der Waals surface area contributed by atoms with Crippen LogP contribution in [0.2, 0.25) is 0 Å². The van der Waals surface area contributed by atoms with Crippen molar-refractivity contribution in [3.05, 3.63) is 0 Å². The Kier molecular flexibility index (Phi) is 3.59. The van der Waals surface area contributed by atoms with Crippen LogP contribution in [0.1, 0.15) is 38.5 Å². The van der Waals surface area contributed by atoms with Crippen molar-refractivity contribution in [3.63, 3.8) is 0 Å². The third-order valence-corrected chi connectivity index (χ3v) is 3.26. The lowest BCUT2D eigenvalue weighted by atomic mass is 9.87. The van der Waals surface area contributed by atoms with Crippen LogP contribution in [0.5, 0.6) is 0 Å². The van der Waals surface area contributed by atoms with E-state index in [1.807, 2.05) is 0 Å². The average molecular weight is 212 g/mol. The fraction of sp³-hybridized carbons (Fsp3) is 0.909. The summed E-state index contributed by atoms with van der Waals surface area (Å²) < 4.78 is 5.47. The molecule has 0 aromatic rings. The maximum Gasteiger partial charge on any atom is 0.220 e. The average Bonchev–Trinajstić information content (AvgIpc) is 2.65. The fourth-order valence-corrected chi connectivity index (χ4v) is 2.24. The zero-order chi connectivity index (χ0) is 10.7. The Labute approximate surface area is 90.5 Å². The molecule has 1 heterocycles. The topological polar surface area (TPSA) is 64.3 Å². The Morgan fingerprint density at radius 3 is 2.87 bits per heavy atom. The van der Waals surface area contributed by atoms with E-state index in [-0.39, 0.29) is 5.91 Å².